The molecule has 0 bridgehead atoms. The summed E-state index contributed by atoms with van der Waals surface area (Å²) in [7, 11) is 0. The van der Waals surface area contributed by atoms with E-state index in [1.165, 1.54) is 32.1 Å². The fraction of sp³-hybridized carbons (Fsp3) is 1.00. The Morgan fingerprint density at radius 2 is 2.00 bits per heavy atom. The minimum atomic E-state index is 0.302. The van der Waals surface area contributed by atoms with Crippen molar-refractivity contribution in [3.63, 3.8) is 0 Å². The van der Waals surface area contributed by atoms with Crippen molar-refractivity contribution in [2.24, 2.45) is 17.6 Å². The van der Waals surface area contributed by atoms with Crippen molar-refractivity contribution in [1.82, 2.24) is 0 Å². The highest BCUT2D eigenvalue weighted by atomic mass is 14.8. The zero-order valence-electron chi connectivity index (χ0n) is 6.77. The Morgan fingerprint density at radius 1 is 1.30 bits per heavy atom. The van der Waals surface area contributed by atoms with Crippen LogP contribution in [0, 0.1) is 11.8 Å². The molecule has 2 rings (SSSR count). The molecule has 0 amide bonds. The van der Waals surface area contributed by atoms with Crippen molar-refractivity contribution < 1.29 is 0 Å². The molecule has 10 heavy (non-hydrogen) atoms. The van der Waals surface area contributed by atoms with E-state index >= 15 is 0 Å². The predicted octanol–water partition coefficient (Wildman–Crippen LogP) is 1.91. The fourth-order valence-corrected chi connectivity index (χ4v) is 2.51. The third kappa shape index (κ3) is 0.878. The molecule has 2 saturated carbocycles. The van der Waals surface area contributed by atoms with E-state index in [1.54, 1.807) is 0 Å². The van der Waals surface area contributed by atoms with Gasteiger partial charge in [-0.05, 0) is 31.1 Å². The maximum Gasteiger partial charge on any atom is 0.0186 e. The van der Waals surface area contributed by atoms with E-state index in [-0.39, 0.29) is 0 Å². The monoisotopic (exact) mass is 139 g/mol. The normalized spacial score (nSPS) is 43.8. The van der Waals surface area contributed by atoms with Crippen LogP contribution in [0.4, 0.5) is 0 Å². The van der Waals surface area contributed by atoms with E-state index in [0.717, 1.165) is 11.8 Å². The SMILES string of the molecule is CC1CCCC1C1(N)CC1. The Labute approximate surface area is 63.0 Å². The molecule has 2 aliphatic rings. The van der Waals surface area contributed by atoms with Gasteiger partial charge in [0.1, 0.15) is 0 Å². The van der Waals surface area contributed by atoms with Gasteiger partial charge in [0.2, 0.25) is 0 Å². The highest BCUT2D eigenvalue weighted by Crippen LogP contribution is 2.49. The molecule has 1 nitrogen and oxygen atoms in total. The largest absolute Gasteiger partial charge is 0.325 e. The van der Waals surface area contributed by atoms with Crippen molar-refractivity contribution in [2.45, 2.75) is 44.6 Å². The van der Waals surface area contributed by atoms with Crippen LogP contribution < -0.4 is 5.73 Å². The van der Waals surface area contributed by atoms with Crippen LogP contribution in [0.2, 0.25) is 0 Å². The minimum absolute atomic E-state index is 0.302. The topological polar surface area (TPSA) is 26.0 Å². The second kappa shape index (κ2) is 1.97. The molecule has 2 atom stereocenters. The van der Waals surface area contributed by atoms with Crippen molar-refractivity contribution in [3.05, 3.63) is 0 Å². The molecule has 58 valence electrons. The lowest BCUT2D eigenvalue weighted by molar-refractivity contribution is 0.330. The molecule has 2 fully saturated rings. The van der Waals surface area contributed by atoms with Gasteiger partial charge in [-0.1, -0.05) is 19.8 Å². The number of hydrogen-bond donors (Lipinski definition) is 1. The molecule has 0 aromatic heterocycles. The van der Waals surface area contributed by atoms with Gasteiger partial charge in [0, 0.05) is 5.54 Å². The summed E-state index contributed by atoms with van der Waals surface area (Å²) in [4.78, 5) is 0. The maximum atomic E-state index is 6.14. The number of rotatable bonds is 1. The van der Waals surface area contributed by atoms with E-state index in [2.05, 4.69) is 6.92 Å². The van der Waals surface area contributed by atoms with Gasteiger partial charge in [-0.3, -0.25) is 0 Å². The molecule has 2 unspecified atom stereocenters. The molecule has 0 aromatic carbocycles. The van der Waals surface area contributed by atoms with Crippen LogP contribution >= 0.6 is 0 Å². The fourth-order valence-electron chi connectivity index (χ4n) is 2.51. The first kappa shape index (κ1) is 6.66. The Kier molecular flexibility index (Phi) is 1.31. The van der Waals surface area contributed by atoms with E-state index in [9.17, 15) is 0 Å². The summed E-state index contributed by atoms with van der Waals surface area (Å²) in [6.07, 6.45) is 6.83. The highest BCUT2D eigenvalue weighted by Gasteiger charge is 2.48. The third-order valence-corrected chi connectivity index (χ3v) is 3.43. The zero-order valence-corrected chi connectivity index (χ0v) is 6.77. The van der Waals surface area contributed by atoms with Gasteiger partial charge in [-0.2, -0.15) is 0 Å². The highest BCUT2D eigenvalue weighted by molar-refractivity contribution is 5.06. The van der Waals surface area contributed by atoms with E-state index in [1.807, 2.05) is 0 Å². The smallest absolute Gasteiger partial charge is 0.0186 e. The van der Waals surface area contributed by atoms with Gasteiger partial charge in [-0.15, -0.1) is 0 Å². The molecule has 0 saturated heterocycles. The maximum absolute atomic E-state index is 6.14. The van der Waals surface area contributed by atoms with Crippen LogP contribution in [0.5, 0.6) is 0 Å². The van der Waals surface area contributed by atoms with Gasteiger partial charge >= 0.3 is 0 Å². The lowest BCUT2D eigenvalue weighted by atomic mass is 9.89. The lowest BCUT2D eigenvalue weighted by Gasteiger charge is -2.22. The van der Waals surface area contributed by atoms with Crippen molar-refractivity contribution in [2.75, 3.05) is 0 Å². The molecular weight excluding hydrogens is 122 g/mol. The van der Waals surface area contributed by atoms with E-state index < -0.39 is 0 Å². The van der Waals surface area contributed by atoms with Crippen molar-refractivity contribution in [1.29, 1.82) is 0 Å². The van der Waals surface area contributed by atoms with Crippen LogP contribution in [0.15, 0.2) is 0 Å². The van der Waals surface area contributed by atoms with Gasteiger partial charge in [0.05, 0.1) is 0 Å². The second-order valence-electron chi connectivity index (χ2n) is 4.25. The number of nitrogens with two attached hydrogens (primary N) is 1. The van der Waals surface area contributed by atoms with Crippen LogP contribution in [-0.4, -0.2) is 5.54 Å². The molecule has 0 radical (unpaired) electrons. The van der Waals surface area contributed by atoms with E-state index in [4.69, 9.17) is 5.73 Å². The lowest BCUT2D eigenvalue weighted by Crippen LogP contribution is -2.33. The molecule has 0 aromatic rings. The van der Waals surface area contributed by atoms with Crippen molar-refractivity contribution in [3.8, 4) is 0 Å². The summed E-state index contributed by atoms with van der Waals surface area (Å²) in [5.74, 6) is 1.78. The van der Waals surface area contributed by atoms with Crippen LogP contribution in [-0.2, 0) is 0 Å². The minimum Gasteiger partial charge on any atom is -0.325 e. The molecule has 2 N–H and O–H groups in total. The van der Waals surface area contributed by atoms with Gasteiger partial charge < -0.3 is 5.73 Å². The first-order valence-corrected chi connectivity index (χ1v) is 4.51. The molecule has 1 heteroatoms. The summed E-state index contributed by atoms with van der Waals surface area (Å²) in [6, 6.07) is 0. The zero-order chi connectivity index (χ0) is 7.19. The van der Waals surface area contributed by atoms with Crippen molar-refractivity contribution >= 4 is 0 Å². The quantitative estimate of drug-likeness (QED) is 0.590. The van der Waals surface area contributed by atoms with Gasteiger partial charge in [0.25, 0.3) is 0 Å². The van der Waals surface area contributed by atoms with Crippen LogP contribution in [0.1, 0.15) is 39.0 Å². The Balaban J connectivity index is 2.03. The molecule has 0 spiro atoms. The standard InChI is InChI=1S/C9H17N/c1-7-3-2-4-8(7)9(10)5-6-9/h7-8H,2-6,10H2,1H3. The summed E-state index contributed by atoms with van der Waals surface area (Å²) < 4.78 is 0. The van der Waals surface area contributed by atoms with Gasteiger partial charge in [-0.25, -0.2) is 0 Å². The number of hydrogen-bond acceptors (Lipinski definition) is 1. The van der Waals surface area contributed by atoms with Crippen LogP contribution in [0.25, 0.3) is 0 Å². The molecule has 0 heterocycles. The molecule has 0 aliphatic heterocycles. The summed E-state index contributed by atoms with van der Waals surface area (Å²) in [5.41, 5.74) is 6.44. The molecular formula is C9H17N. The Hall–Kier alpha value is -0.0400. The van der Waals surface area contributed by atoms with Gasteiger partial charge in [0.15, 0.2) is 0 Å². The molecule has 2 aliphatic carbocycles. The third-order valence-electron chi connectivity index (χ3n) is 3.43. The summed E-state index contributed by atoms with van der Waals surface area (Å²) >= 11 is 0. The summed E-state index contributed by atoms with van der Waals surface area (Å²) in [6.45, 7) is 2.37. The average molecular weight is 139 g/mol. The second-order valence-corrected chi connectivity index (χ2v) is 4.25. The first-order chi connectivity index (χ1) is 4.72. The predicted molar refractivity (Wildman–Crippen MR) is 42.7 cm³/mol. The Morgan fingerprint density at radius 3 is 2.40 bits per heavy atom. The summed E-state index contributed by atoms with van der Waals surface area (Å²) in [5, 5.41) is 0. The van der Waals surface area contributed by atoms with E-state index in [0.29, 0.717) is 5.54 Å². The first-order valence-electron chi connectivity index (χ1n) is 4.51. The Bertz CT molecular complexity index is 138. The average Bonchev–Trinajstić information content (AvgIpc) is 2.44. The van der Waals surface area contributed by atoms with Crippen LogP contribution in [0.3, 0.4) is 0 Å².